The Bertz CT molecular complexity index is 838. The van der Waals surface area contributed by atoms with E-state index in [1.54, 1.807) is 32.4 Å². The average molecular weight is 342 g/mol. The number of benzene rings is 2. The normalized spacial score (nSPS) is 12.2. The number of imidazole rings is 1. The molecular weight excluding hydrogens is 320 g/mol. The molecule has 1 atom stereocenters. The molecule has 132 valence electrons. The van der Waals surface area contributed by atoms with Crippen molar-refractivity contribution in [3.05, 3.63) is 48.3 Å². The van der Waals surface area contributed by atoms with E-state index in [-0.39, 0.29) is 6.61 Å². The molecule has 1 heterocycles. The van der Waals surface area contributed by atoms with Crippen LogP contribution in [0.5, 0.6) is 17.2 Å². The van der Waals surface area contributed by atoms with E-state index < -0.39 is 6.10 Å². The van der Waals surface area contributed by atoms with E-state index >= 15 is 0 Å². The van der Waals surface area contributed by atoms with Gasteiger partial charge in [-0.2, -0.15) is 0 Å². The van der Waals surface area contributed by atoms with Crippen LogP contribution in [0, 0.1) is 6.92 Å². The molecule has 2 aromatic carbocycles. The zero-order chi connectivity index (χ0) is 17.8. The molecule has 3 rings (SSSR count). The Morgan fingerprint density at radius 2 is 1.68 bits per heavy atom. The summed E-state index contributed by atoms with van der Waals surface area (Å²) in [6, 6.07) is 13.2. The minimum Gasteiger partial charge on any atom is -0.496 e. The second-order valence-electron chi connectivity index (χ2n) is 5.77. The molecule has 0 saturated carbocycles. The smallest absolute Gasteiger partial charge is 0.126 e. The van der Waals surface area contributed by atoms with Crippen molar-refractivity contribution < 1.29 is 19.3 Å². The van der Waals surface area contributed by atoms with Gasteiger partial charge >= 0.3 is 0 Å². The minimum absolute atomic E-state index is 0.155. The highest BCUT2D eigenvalue weighted by Crippen LogP contribution is 2.27. The molecule has 0 fully saturated rings. The highest BCUT2D eigenvalue weighted by Gasteiger charge is 2.13. The van der Waals surface area contributed by atoms with E-state index in [4.69, 9.17) is 14.2 Å². The number of aliphatic hydroxyl groups is 1. The SMILES string of the molecule is COc1cc(OC)cc(OCC(O)Cn2c(C)nc3ccccc32)c1. The van der Waals surface area contributed by atoms with Gasteiger partial charge in [-0.15, -0.1) is 0 Å². The molecule has 0 spiro atoms. The molecule has 0 aliphatic carbocycles. The fourth-order valence-corrected chi connectivity index (χ4v) is 2.75. The summed E-state index contributed by atoms with van der Waals surface area (Å²) in [5.74, 6) is 2.73. The van der Waals surface area contributed by atoms with Crippen molar-refractivity contribution in [1.82, 2.24) is 9.55 Å². The minimum atomic E-state index is -0.673. The summed E-state index contributed by atoms with van der Waals surface area (Å²) >= 11 is 0. The van der Waals surface area contributed by atoms with Gasteiger partial charge in [0.2, 0.25) is 0 Å². The topological polar surface area (TPSA) is 65.7 Å². The summed E-state index contributed by atoms with van der Waals surface area (Å²) in [4.78, 5) is 4.51. The van der Waals surface area contributed by atoms with Crippen LogP contribution in [0.1, 0.15) is 5.82 Å². The van der Waals surface area contributed by atoms with Crippen LogP contribution in [-0.4, -0.2) is 41.6 Å². The van der Waals surface area contributed by atoms with Crippen LogP contribution in [0.2, 0.25) is 0 Å². The van der Waals surface area contributed by atoms with Crippen LogP contribution in [-0.2, 0) is 6.54 Å². The molecule has 25 heavy (non-hydrogen) atoms. The Labute approximate surface area is 146 Å². The molecular formula is C19H22N2O4. The molecule has 0 radical (unpaired) electrons. The van der Waals surface area contributed by atoms with Crippen LogP contribution in [0.25, 0.3) is 11.0 Å². The summed E-state index contributed by atoms with van der Waals surface area (Å²) in [5.41, 5.74) is 1.92. The number of nitrogens with zero attached hydrogens (tertiary/aromatic N) is 2. The standard InChI is InChI=1S/C19H22N2O4/c1-13-20-18-6-4-5-7-19(18)21(13)11-14(22)12-25-17-9-15(23-2)8-16(10-17)24-3/h4-10,14,22H,11-12H2,1-3H3. The lowest BCUT2D eigenvalue weighted by atomic mass is 10.3. The molecule has 1 unspecified atom stereocenters. The predicted molar refractivity (Wildman–Crippen MR) is 95.5 cm³/mol. The monoisotopic (exact) mass is 342 g/mol. The Balaban J connectivity index is 1.68. The maximum Gasteiger partial charge on any atom is 0.126 e. The predicted octanol–water partition coefficient (Wildman–Crippen LogP) is 2.80. The number of methoxy groups -OCH3 is 2. The van der Waals surface area contributed by atoms with E-state index in [1.807, 2.05) is 35.8 Å². The van der Waals surface area contributed by atoms with Crippen molar-refractivity contribution in [2.24, 2.45) is 0 Å². The molecule has 1 aromatic heterocycles. The van der Waals surface area contributed by atoms with Gasteiger partial charge in [-0.3, -0.25) is 0 Å². The second-order valence-corrected chi connectivity index (χ2v) is 5.77. The molecule has 6 nitrogen and oxygen atoms in total. The van der Waals surface area contributed by atoms with Crippen LogP contribution in [0.15, 0.2) is 42.5 Å². The average Bonchev–Trinajstić information content (AvgIpc) is 2.95. The summed E-state index contributed by atoms with van der Waals surface area (Å²) in [5, 5.41) is 10.4. The lowest BCUT2D eigenvalue weighted by Gasteiger charge is -2.15. The van der Waals surface area contributed by atoms with E-state index in [9.17, 15) is 5.11 Å². The largest absolute Gasteiger partial charge is 0.496 e. The Hall–Kier alpha value is -2.73. The van der Waals surface area contributed by atoms with E-state index in [2.05, 4.69) is 4.98 Å². The quantitative estimate of drug-likeness (QED) is 0.715. The third-order valence-corrected chi connectivity index (χ3v) is 4.01. The number of hydrogen-bond acceptors (Lipinski definition) is 5. The van der Waals surface area contributed by atoms with Crippen LogP contribution in [0.4, 0.5) is 0 Å². The van der Waals surface area contributed by atoms with Crippen LogP contribution < -0.4 is 14.2 Å². The first-order valence-electron chi connectivity index (χ1n) is 8.06. The number of para-hydroxylation sites is 2. The molecule has 1 N–H and O–H groups in total. The van der Waals surface area contributed by atoms with Gasteiger partial charge in [0, 0.05) is 18.2 Å². The Morgan fingerprint density at radius 3 is 2.36 bits per heavy atom. The number of rotatable bonds is 7. The maximum absolute atomic E-state index is 10.4. The van der Waals surface area contributed by atoms with Gasteiger partial charge in [0.15, 0.2) is 0 Å². The van der Waals surface area contributed by atoms with E-state index in [0.29, 0.717) is 23.8 Å². The summed E-state index contributed by atoms with van der Waals surface area (Å²) in [6.45, 7) is 2.50. The van der Waals surface area contributed by atoms with Gasteiger partial charge in [0.1, 0.15) is 35.8 Å². The first-order valence-corrected chi connectivity index (χ1v) is 8.06. The van der Waals surface area contributed by atoms with Crippen molar-refractivity contribution in [3.63, 3.8) is 0 Å². The van der Waals surface area contributed by atoms with Crippen molar-refractivity contribution >= 4 is 11.0 Å². The molecule has 0 saturated heterocycles. The van der Waals surface area contributed by atoms with Crippen LogP contribution >= 0.6 is 0 Å². The highest BCUT2D eigenvalue weighted by atomic mass is 16.5. The van der Waals surface area contributed by atoms with Crippen molar-refractivity contribution in [1.29, 1.82) is 0 Å². The maximum atomic E-state index is 10.4. The number of aromatic nitrogens is 2. The number of aliphatic hydroxyl groups excluding tert-OH is 1. The Morgan fingerprint density at radius 1 is 1.04 bits per heavy atom. The molecule has 0 amide bonds. The van der Waals surface area contributed by atoms with Gasteiger partial charge in [-0.05, 0) is 19.1 Å². The fourth-order valence-electron chi connectivity index (χ4n) is 2.75. The number of hydrogen-bond donors (Lipinski definition) is 1. The zero-order valence-corrected chi connectivity index (χ0v) is 14.6. The lowest BCUT2D eigenvalue weighted by Crippen LogP contribution is -2.24. The molecule has 0 aliphatic heterocycles. The summed E-state index contributed by atoms with van der Waals surface area (Å²) < 4.78 is 18.1. The third-order valence-electron chi connectivity index (χ3n) is 4.01. The number of fused-ring (bicyclic) bond motifs is 1. The zero-order valence-electron chi connectivity index (χ0n) is 14.6. The number of aryl methyl sites for hydroxylation is 1. The first kappa shape index (κ1) is 17.1. The third kappa shape index (κ3) is 3.85. The molecule has 6 heteroatoms. The molecule has 0 aliphatic rings. The fraction of sp³-hybridized carbons (Fsp3) is 0.316. The van der Waals surface area contributed by atoms with Gasteiger partial charge in [-0.1, -0.05) is 12.1 Å². The van der Waals surface area contributed by atoms with Gasteiger partial charge in [0.05, 0.1) is 31.8 Å². The van der Waals surface area contributed by atoms with E-state index in [1.165, 1.54) is 0 Å². The van der Waals surface area contributed by atoms with Crippen molar-refractivity contribution in [2.45, 2.75) is 19.6 Å². The first-order chi connectivity index (χ1) is 12.1. The number of ether oxygens (including phenoxy) is 3. The summed E-state index contributed by atoms with van der Waals surface area (Å²) in [7, 11) is 3.17. The van der Waals surface area contributed by atoms with Gasteiger partial charge < -0.3 is 23.9 Å². The second kappa shape index (κ2) is 7.44. The van der Waals surface area contributed by atoms with E-state index in [0.717, 1.165) is 16.9 Å². The van der Waals surface area contributed by atoms with Crippen molar-refractivity contribution in [2.75, 3.05) is 20.8 Å². The van der Waals surface area contributed by atoms with Crippen LogP contribution in [0.3, 0.4) is 0 Å². The molecule has 0 bridgehead atoms. The van der Waals surface area contributed by atoms with Gasteiger partial charge in [-0.25, -0.2) is 4.98 Å². The van der Waals surface area contributed by atoms with Crippen molar-refractivity contribution in [3.8, 4) is 17.2 Å². The van der Waals surface area contributed by atoms with Gasteiger partial charge in [0.25, 0.3) is 0 Å². The molecule has 3 aromatic rings. The Kier molecular flexibility index (Phi) is 5.09. The lowest BCUT2D eigenvalue weighted by molar-refractivity contribution is 0.0926. The summed E-state index contributed by atoms with van der Waals surface area (Å²) in [6.07, 6.45) is -0.673. The highest BCUT2D eigenvalue weighted by molar-refractivity contribution is 5.75.